The Morgan fingerprint density at radius 1 is 1.27 bits per heavy atom. The highest BCUT2D eigenvalue weighted by Gasteiger charge is 2.07. The third kappa shape index (κ3) is 0.881. The van der Waals surface area contributed by atoms with Crippen LogP contribution in [0, 0.1) is 0 Å². The average molecular weight is 150 g/mol. The first-order valence-electron chi connectivity index (χ1n) is 3.11. The van der Waals surface area contributed by atoms with E-state index in [0.717, 1.165) is 0 Å². The summed E-state index contributed by atoms with van der Waals surface area (Å²) in [5, 5.41) is 3.67. The van der Waals surface area contributed by atoms with E-state index in [9.17, 15) is 0 Å². The van der Waals surface area contributed by atoms with Crippen LogP contribution < -0.4 is 5.73 Å². The number of nitrogens with zero attached hydrogens (tertiary/aromatic N) is 1. The van der Waals surface area contributed by atoms with Crippen molar-refractivity contribution in [1.82, 2.24) is 5.16 Å². The van der Waals surface area contributed by atoms with Crippen LogP contribution in [0.2, 0.25) is 0 Å². The lowest BCUT2D eigenvalue weighted by Gasteiger charge is -1.88. The lowest BCUT2D eigenvalue weighted by atomic mass is 10.3. The molecule has 0 saturated carbocycles. The van der Waals surface area contributed by atoms with Crippen molar-refractivity contribution in [1.29, 1.82) is 0 Å². The van der Waals surface area contributed by atoms with Gasteiger partial charge in [0.1, 0.15) is 6.26 Å². The number of nitrogens with two attached hydrogens (primary N) is 1. The van der Waals surface area contributed by atoms with E-state index in [1.807, 2.05) is 0 Å². The topological polar surface area (TPSA) is 65.2 Å². The first-order valence-corrected chi connectivity index (χ1v) is 3.11. The molecule has 56 valence electrons. The highest BCUT2D eigenvalue weighted by molar-refractivity contribution is 5.67. The minimum atomic E-state index is 0.554. The molecule has 4 heteroatoms. The van der Waals surface area contributed by atoms with Crippen LogP contribution in [0.15, 0.2) is 33.6 Å². The van der Waals surface area contributed by atoms with Crippen molar-refractivity contribution in [2.75, 3.05) is 5.73 Å². The summed E-state index contributed by atoms with van der Waals surface area (Å²) < 4.78 is 9.69. The van der Waals surface area contributed by atoms with Crippen LogP contribution in [0.1, 0.15) is 0 Å². The number of furan rings is 1. The van der Waals surface area contributed by atoms with Gasteiger partial charge in [-0.25, -0.2) is 0 Å². The number of aromatic nitrogens is 1. The van der Waals surface area contributed by atoms with Gasteiger partial charge >= 0.3 is 0 Å². The molecule has 0 aliphatic carbocycles. The Hall–Kier alpha value is -1.71. The lowest BCUT2D eigenvalue weighted by molar-refractivity contribution is 0.419. The molecule has 0 spiro atoms. The molecule has 0 fully saturated rings. The molecule has 2 rings (SSSR count). The maximum Gasteiger partial charge on any atom is 0.178 e. The Labute approximate surface area is 62.6 Å². The van der Waals surface area contributed by atoms with Gasteiger partial charge in [0.2, 0.25) is 0 Å². The van der Waals surface area contributed by atoms with Crippen LogP contribution in [-0.4, -0.2) is 5.16 Å². The summed E-state index contributed by atoms with van der Waals surface area (Å²) in [7, 11) is 0. The number of nitrogen functional groups attached to an aromatic ring is 1. The normalized spacial score (nSPS) is 10.2. The van der Waals surface area contributed by atoms with E-state index in [0.29, 0.717) is 17.1 Å². The van der Waals surface area contributed by atoms with Gasteiger partial charge in [0.25, 0.3) is 0 Å². The van der Waals surface area contributed by atoms with E-state index in [4.69, 9.17) is 10.2 Å². The summed E-state index contributed by atoms with van der Waals surface area (Å²) in [6, 6.07) is 3.36. The fourth-order valence-electron chi connectivity index (χ4n) is 0.857. The van der Waals surface area contributed by atoms with Crippen LogP contribution in [0.3, 0.4) is 0 Å². The molecule has 0 saturated heterocycles. The summed E-state index contributed by atoms with van der Waals surface area (Å²) in [5.74, 6) is 0.554. The van der Waals surface area contributed by atoms with Crippen molar-refractivity contribution in [3.8, 4) is 11.5 Å². The predicted molar refractivity (Wildman–Crippen MR) is 38.6 cm³/mol. The highest BCUT2D eigenvalue weighted by atomic mass is 16.5. The molecule has 2 aromatic heterocycles. The largest absolute Gasteiger partial charge is 0.460 e. The molecular formula is C7H6N2O2. The van der Waals surface area contributed by atoms with Crippen LogP contribution in [-0.2, 0) is 0 Å². The van der Waals surface area contributed by atoms with Crippen molar-refractivity contribution >= 4 is 5.69 Å². The smallest absolute Gasteiger partial charge is 0.178 e. The van der Waals surface area contributed by atoms with Gasteiger partial charge in [0.05, 0.1) is 12.0 Å². The molecule has 4 nitrogen and oxygen atoms in total. The molecule has 2 heterocycles. The molecule has 0 atom stereocenters. The van der Waals surface area contributed by atoms with Gasteiger partial charge in [-0.2, -0.15) is 0 Å². The van der Waals surface area contributed by atoms with Crippen molar-refractivity contribution < 1.29 is 8.94 Å². The SMILES string of the molecule is Nc1ccoc1-c1ccon1. The number of rotatable bonds is 1. The van der Waals surface area contributed by atoms with Crippen LogP contribution >= 0.6 is 0 Å². The molecule has 0 aromatic carbocycles. The van der Waals surface area contributed by atoms with Crippen molar-refractivity contribution in [3.05, 3.63) is 24.7 Å². The second-order valence-electron chi connectivity index (χ2n) is 2.09. The molecule has 2 N–H and O–H groups in total. The third-order valence-corrected chi connectivity index (χ3v) is 1.37. The van der Waals surface area contributed by atoms with Crippen molar-refractivity contribution in [3.63, 3.8) is 0 Å². The second kappa shape index (κ2) is 2.16. The van der Waals surface area contributed by atoms with Crippen LogP contribution in [0.4, 0.5) is 5.69 Å². The zero-order valence-electron chi connectivity index (χ0n) is 5.65. The van der Waals surface area contributed by atoms with Gasteiger partial charge < -0.3 is 14.7 Å². The summed E-state index contributed by atoms with van der Waals surface area (Å²) >= 11 is 0. The maximum atomic E-state index is 5.56. The first-order chi connectivity index (χ1) is 5.38. The molecule has 0 amide bonds. The minimum Gasteiger partial charge on any atom is -0.460 e. The Morgan fingerprint density at radius 3 is 2.73 bits per heavy atom. The third-order valence-electron chi connectivity index (χ3n) is 1.37. The van der Waals surface area contributed by atoms with Gasteiger partial charge in [0.15, 0.2) is 11.5 Å². The molecule has 0 aliphatic rings. The molecule has 0 unspecified atom stereocenters. The average Bonchev–Trinajstić information content (AvgIpc) is 2.55. The minimum absolute atomic E-state index is 0.554. The molecule has 0 aliphatic heterocycles. The summed E-state index contributed by atoms with van der Waals surface area (Å²) in [4.78, 5) is 0. The fraction of sp³-hybridized carbons (Fsp3) is 0. The summed E-state index contributed by atoms with van der Waals surface area (Å²) in [6.07, 6.45) is 2.98. The van der Waals surface area contributed by atoms with E-state index in [1.165, 1.54) is 12.5 Å². The zero-order valence-corrected chi connectivity index (χ0v) is 5.65. The van der Waals surface area contributed by atoms with E-state index < -0.39 is 0 Å². The Kier molecular flexibility index (Phi) is 1.18. The molecular weight excluding hydrogens is 144 g/mol. The monoisotopic (exact) mass is 150 g/mol. The predicted octanol–water partition coefficient (Wildman–Crippen LogP) is 1.52. The number of hydrogen-bond acceptors (Lipinski definition) is 4. The highest BCUT2D eigenvalue weighted by Crippen LogP contribution is 2.24. The molecule has 0 bridgehead atoms. The van der Waals surface area contributed by atoms with Crippen molar-refractivity contribution in [2.24, 2.45) is 0 Å². The van der Waals surface area contributed by atoms with Gasteiger partial charge in [-0.05, 0) is 0 Å². The van der Waals surface area contributed by atoms with Crippen LogP contribution in [0.25, 0.3) is 11.5 Å². The van der Waals surface area contributed by atoms with Gasteiger partial charge in [-0.15, -0.1) is 0 Å². The van der Waals surface area contributed by atoms with Crippen LogP contribution in [0.5, 0.6) is 0 Å². The molecule has 11 heavy (non-hydrogen) atoms. The Balaban J connectivity index is 2.53. The standard InChI is InChI=1S/C7H6N2O2/c8-5-1-3-10-7(5)6-2-4-11-9-6/h1-4H,8H2. The van der Waals surface area contributed by atoms with Gasteiger partial charge in [0, 0.05) is 12.1 Å². The fourth-order valence-corrected chi connectivity index (χ4v) is 0.857. The second-order valence-corrected chi connectivity index (χ2v) is 2.09. The van der Waals surface area contributed by atoms with Gasteiger partial charge in [-0.1, -0.05) is 5.16 Å². The van der Waals surface area contributed by atoms with E-state index in [-0.39, 0.29) is 0 Å². The zero-order chi connectivity index (χ0) is 7.68. The Bertz CT molecular complexity index is 337. The quantitative estimate of drug-likeness (QED) is 0.669. The van der Waals surface area contributed by atoms with E-state index in [2.05, 4.69) is 9.68 Å². The molecule has 2 aromatic rings. The van der Waals surface area contributed by atoms with E-state index >= 15 is 0 Å². The van der Waals surface area contributed by atoms with E-state index in [1.54, 1.807) is 12.1 Å². The lowest BCUT2D eigenvalue weighted by Crippen LogP contribution is -1.83. The Morgan fingerprint density at radius 2 is 2.18 bits per heavy atom. The molecule has 0 radical (unpaired) electrons. The maximum absolute atomic E-state index is 5.56. The van der Waals surface area contributed by atoms with Crippen molar-refractivity contribution in [2.45, 2.75) is 0 Å². The number of anilines is 1. The first kappa shape index (κ1) is 6.03. The number of hydrogen-bond donors (Lipinski definition) is 1. The van der Waals surface area contributed by atoms with Gasteiger partial charge in [-0.3, -0.25) is 0 Å². The summed E-state index contributed by atoms with van der Waals surface area (Å²) in [6.45, 7) is 0. The summed E-state index contributed by atoms with van der Waals surface area (Å²) in [5.41, 5.74) is 6.74.